The second-order valence-electron chi connectivity index (χ2n) is 5.10. The third-order valence-corrected chi connectivity index (χ3v) is 3.06. The van der Waals surface area contributed by atoms with Gasteiger partial charge < -0.3 is 9.73 Å². The van der Waals surface area contributed by atoms with E-state index in [1.54, 1.807) is 17.0 Å². The highest BCUT2D eigenvalue weighted by molar-refractivity contribution is 5.78. The van der Waals surface area contributed by atoms with Crippen molar-refractivity contribution >= 4 is 5.91 Å². The second kappa shape index (κ2) is 7.82. The molecule has 0 aliphatic heterocycles. The summed E-state index contributed by atoms with van der Waals surface area (Å²) in [6, 6.07) is 12.9. The lowest BCUT2D eigenvalue weighted by molar-refractivity contribution is -0.139. The van der Waals surface area contributed by atoms with Crippen molar-refractivity contribution in [3.05, 3.63) is 60.1 Å². The summed E-state index contributed by atoms with van der Waals surface area (Å²) in [5.41, 5.74) is 0.961. The van der Waals surface area contributed by atoms with Crippen molar-refractivity contribution in [1.82, 2.24) is 10.2 Å². The van der Waals surface area contributed by atoms with E-state index in [4.69, 9.17) is 4.42 Å². The fourth-order valence-corrected chi connectivity index (χ4v) is 2.09. The van der Waals surface area contributed by atoms with E-state index in [9.17, 15) is 18.0 Å². The predicted molar refractivity (Wildman–Crippen MR) is 78.3 cm³/mol. The van der Waals surface area contributed by atoms with E-state index >= 15 is 0 Å². The van der Waals surface area contributed by atoms with Crippen LogP contribution < -0.4 is 5.32 Å². The van der Waals surface area contributed by atoms with E-state index in [2.05, 4.69) is 0 Å². The topological polar surface area (TPSA) is 45.5 Å². The van der Waals surface area contributed by atoms with Gasteiger partial charge in [-0.2, -0.15) is 13.2 Å². The lowest BCUT2D eigenvalue weighted by atomic mass is 10.2. The molecule has 0 spiro atoms. The van der Waals surface area contributed by atoms with Gasteiger partial charge in [0.25, 0.3) is 0 Å². The quantitative estimate of drug-likeness (QED) is 0.851. The van der Waals surface area contributed by atoms with E-state index < -0.39 is 18.6 Å². The molecule has 0 unspecified atom stereocenters. The number of halogens is 3. The molecule has 1 aromatic carbocycles. The molecule has 4 nitrogen and oxygen atoms in total. The monoisotopic (exact) mass is 326 g/mol. The zero-order chi connectivity index (χ0) is 16.7. The van der Waals surface area contributed by atoms with Crippen LogP contribution in [-0.4, -0.2) is 30.1 Å². The number of carbonyl (C=O) groups is 1. The van der Waals surface area contributed by atoms with Crippen molar-refractivity contribution in [1.29, 1.82) is 0 Å². The Kier molecular flexibility index (Phi) is 5.81. The smallest absolute Gasteiger partial charge is 0.405 e. The number of nitrogens with zero attached hydrogens (tertiary/aromatic N) is 1. The number of nitrogens with one attached hydrogen (secondary N) is 1. The molecule has 0 fully saturated rings. The molecule has 23 heavy (non-hydrogen) atoms. The molecule has 0 radical (unpaired) electrons. The van der Waals surface area contributed by atoms with Crippen LogP contribution in [0.1, 0.15) is 11.3 Å². The second-order valence-corrected chi connectivity index (χ2v) is 5.10. The van der Waals surface area contributed by atoms with Gasteiger partial charge in [-0.1, -0.05) is 30.3 Å². The largest absolute Gasteiger partial charge is 0.468 e. The molecule has 1 amide bonds. The van der Waals surface area contributed by atoms with Crippen molar-refractivity contribution in [2.24, 2.45) is 0 Å². The van der Waals surface area contributed by atoms with E-state index in [1.165, 1.54) is 6.26 Å². The number of rotatable bonds is 7. The summed E-state index contributed by atoms with van der Waals surface area (Å²) in [5.74, 6) is -0.0330. The number of benzene rings is 1. The third kappa shape index (κ3) is 6.56. The van der Waals surface area contributed by atoms with Crippen LogP contribution in [0.25, 0.3) is 0 Å². The summed E-state index contributed by atoms with van der Waals surface area (Å²) in [6.45, 7) is -0.709. The molecule has 0 bridgehead atoms. The maximum absolute atomic E-state index is 12.2. The van der Waals surface area contributed by atoms with Gasteiger partial charge in [-0.15, -0.1) is 0 Å². The van der Waals surface area contributed by atoms with Crippen LogP contribution in [0.4, 0.5) is 13.2 Å². The van der Waals surface area contributed by atoms with Crippen LogP contribution in [0.3, 0.4) is 0 Å². The number of hydrogen-bond acceptors (Lipinski definition) is 3. The molecule has 2 rings (SSSR count). The summed E-state index contributed by atoms with van der Waals surface area (Å²) in [5, 5.41) is 1.88. The van der Waals surface area contributed by atoms with Gasteiger partial charge >= 0.3 is 6.18 Å². The van der Waals surface area contributed by atoms with Crippen LogP contribution in [-0.2, 0) is 17.9 Å². The van der Waals surface area contributed by atoms with Gasteiger partial charge in [0.2, 0.25) is 5.91 Å². The van der Waals surface area contributed by atoms with E-state index in [1.807, 2.05) is 35.6 Å². The first-order valence-electron chi connectivity index (χ1n) is 7.04. The highest BCUT2D eigenvalue weighted by Gasteiger charge is 2.28. The van der Waals surface area contributed by atoms with Crippen LogP contribution in [0.2, 0.25) is 0 Å². The fourth-order valence-electron chi connectivity index (χ4n) is 2.09. The molecule has 1 aromatic heterocycles. The Bertz CT molecular complexity index is 598. The van der Waals surface area contributed by atoms with Crippen molar-refractivity contribution in [2.75, 3.05) is 13.1 Å². The lowest BCUT2D eigenvalue weighted by Gasteiger charge is -2.21. The van der Waals surface area contributed by atoms with Gasteiger partial charge in [0.1, 0.15) is 12.3 Å². The average Bonchev–Trinajstić information content (AvgIpc) is 2.98. The van der Waals surface area contributed by atoms with Crippen LogP contribution in [0, 0.1) is 0 Å². The van der Waals surface area contributed by atoms with Crippen molar-refractivity contribution in [3.8, 4) is 0 Å². The highest BCUT2D eigenvalue weighted by Crippen LogP contribution is 2.13. The molecular weight excluding hydrogens is 309 g/mol. The first-order chi connectivity index (χ1) is 10.9. The molecule has 1 heterocycles. The molecule has 1 N–H and O–H groups in total. The maximum Gasteiger partial charge on any atom is 0.405 e. The van der Waals surface area contributed by atoms with E-state index in [-0.39, 0.29) is 6.54 Å². The summed E-state index contributed by atoms with van der Waals surface area (Å²) in [4.78, 5) is 13.5. The third-order valence-electron chi connectivity index (χ3n) is 3.06. The summed E-state index contributed by atoms with van der Waals surface area (Å²) >= 11 is 0. The lowest BCUT2D eigenvalue weighted by Crippen LogP contribution is -2.40. The van der Waals surface area contributed by atoms with Gasteiger partial charge in [-0.05, 0) is 17.7 Å². The molecule has 0 saturated carbocycles. The molecule has 0 saturated heterocycles. The normalized spacial score (nSPS) is 11.7. The van der Waals surface area contributed by atoms with Gasteiger partial charge in [0, 0.05) is 6.54 Å². The number of amides is 1. The predicted octanol–water partition coefficient (Wildman–Crippen LogP) is 2.96. The zero-order valence-electron chi connectivity index (χ0n) is 12.3. The Morgan fingerprint density at radius 3 is 2.43 bits per heavy atom. The van der Waals surface area contributed by atoms with E-state index in [0.717, 1.165) is 5.56 Å². The molecule has 7 heteroatoms. The zero-order valence-corrected chi connectivity index (χ0v) is 12.3. The first-order valence-corrected chi connectivity index (χ1v) is 7.04. The number of hydrogen-bond donors (Lipinski definition) is 1. The van der Waals surface area contributed by atoms with Gasteiger partial charge in [-0.25, -0.2) is 0 Å². The Morgan fingerprint density at radius 1 is 1.09 bits per heavy atom. The Balaban J connectivity index is 1.96. The minimum Gasteiger partial charge on any atom is -0.468 e. The van der Waals surface area contributed by atoms with Crippen molar-refractivity contribution < 1.29 is 22.4 Å². The Morgan fingerprint density at radius 2 is 1.83 bits per heavy atom. The molecular formula is C16H17F3N2O2. The van der Waals surface area contributed by atoms with Crippen LogP contribution in [0.15, 0.2) is 53.1 Å². The standard InChI is InChI=1S/C16H17F3N2O2/c17-16(18,19)12-20-15(22)11-21(10-14-7-4-8-23-14)9-13-5-2-1-3-6-13/h1-8H,9-12H2,(H,20,22). The minimum absolute atomic E-state index is 0.147. The number of alkyl halides is 3. The molecule has 0 atom stereocenters. The molecule has 0 aliphatic rings. The van der Waals surface area contributed by atoms with Crippen LogP contribution >= 0.6 is 0 Å². The SMILES string of the molecule is O=C(CN(Cc1ccccc1)Cc1ccco1)NCC(F)(F)F. The van der Waals surface area contributed by atoms with Crippen LogP contribution in [0.5, 0.6) is 0 Å². The average molecular weight is 326 g/mol. The summed E-state index contributed by atoms with van der Waals surface area (Å²) < 4.78 is 41.7. The summed E-state index contributed by atoms with van der Waals surface area (Å²) in [6.07, 6.45) is -2.90. The first kappa shape index (κ1) is 17.1. The fraction of sp³-hybridized carbons (Fsp3) is 0.312. The van der Waals surface area contributed by atoms with Gasteiger partial charge in [0.05, 0.1) is 19.4 Å². The highest BCUT2D eigenvalue weighted by atomic mass is 19.4. The van der Waals surface area contributed by atoms with E-state index in [0.29, 0.717) is 18.8 Å². The number of carbonyl (C=O) groups excluding carboxylic acids is 1. The minimum atomic E-state index is -4.42. The maximum atomic E-state index is 12.2. The molecule has 0 aliphatic carbocycles. The number of furan rings is 1. The van der Waals surface area contributed by atoms with Gasteiger partial charge in [-0.3, -0.25) is 9.69 Å². The Labute approximate surface area is 131 Å². The molecule has 2 aromatic rings. The van der Waals surface area contributed by atoms with Crippen molar-refractivity contribution in [2.45, 2.75) is 19.3 Å². The van der Waals surface area contributed by atoms with Crippen molar-refractivity contribution in [3.63, 3.8) is 0 Å². The summed E-state index contributed by atoms with van der Waals surface area (Å²) in [7, 11) is 0. The Hall–Kier alpha value is -2.28. The van der Waals surface area contributed by atoms with Gasteiger partial charge in [0.15, 0.2) is 0 Å². The molecule has 124 valence electrons.